The molecule has 2 N–H and O–H groups in total. The summed E-state index contributed by atoms with van der Waals surface area (Å²) in [5.74, 6) is -2.57. The molecule has 172 valence electrons. The third kappa shape index (κ3) is 3.67. The fourth-order valence-electron chi connectivity index (χ4n) is 4.49. The summed E-state index contributed by atoms with van der Waals surface area (Å²) in [5.41, 5.74) is 2.77. The van der Waals surface area contributed by atoms with Gasteiger partial charge in [0.2, 0.25) is 17.8 Å². The number of hydrogen-bond acceptors (Lipinski definition) is 6. The van der Waals surface area contributed by atoms with E-state index in [0.29, 0.717) is 55.2 Å². The van der Waals surface area contributed by atoms with Crippen molar-refractivity contribution in [2.75, 3.05) is 43.4 Å². The Labute approximate surface area is 188 Å². The first kappa shape index (κ1) is 21.3. The molecule has 11 heteroatoms. The van der Waals surface area contributed by atoms with Crippen molar-refractivity contribution in [3.8, 4) is 0 Å². The molecule has 0 saturated carbocycles. The normalized spacial score (nSPS) is 18.5. The Bertz CT molecular complexity index is 1270. The van der Waals surface area contributed by atoms with E-state index < -0.39 is 23.7 Å². The molecule has 0 unspecified atom stereocenters. The van der Waals surface area contributed by atoms with Crippen molar-refractivity contribution < 1.29 is 18.4 Å². The standard InChI is InChI=1S/C22H23F2N7O2/c1-12-17-18-15(27-21(12)32)9-13(11-31(18)28-20(17)24)10-29-5-7-30(8-6-29)16-4-3-14(22(33)25-2)26-19(16)23/h3-4,9,11-12H,5-8,10H2,1-2H3,(H,25,33)(H,27,32)/t12-/m1/s1. The van der Waals surface area contributed by atoms with Gasteiger partial charge < -0.3 is 15.5 Å². The molecule has 0 bridgehead atoms. The molecule has 33 heavy (non-hydrogen) atoms. The minimum absolute atomic E-state index is 0.0384. The first-order valence-corrected chi connectivity index (χ1v) is 10.7. The Kier molecular flexibility index (Phi) is 5.20. The molecule has 5 rings (SSSR count). The summed E-state index contributed by atoms with van der Waals surface area (Å²) < 4.78 is 30.4. The number of halogens is 2. The summed E-state index contributed by atoms with van der Waals surface area (Å²) in [5, 5.41) is 9.24. The van der Waals surface area contributed by atoms with Crippen LogP contribution in [0, 0.1) is 11.9 Å². The van der Waals surface area contributed by atoms with Crippen LogP contribution in [0.4, 0.5) is 20.2 Å². The van der Waals surface area contributed by atoms with Gasteiger partial charge in [-0.15, -0.1) is 5.10 Å². The molecule has 0 spiro atoms. The van der Waals surface area contributed by atoms with Crippen LogP contribution in [0.15, 0.2) is 24.4 Å². The van der Waals surface area contributed by atoms with E-state index in [9.17, 15) is 18.4 Å². The first-order chi connectivity index (χ1) is 15.9. The molecule has 9 nitrogen and oxygen atoms in total. The number of carbonyl (C=O) groups excluding carboxylic acids is 2. The van der Waals surface area contributed by atoms with E-state index in [1.54, 1.807) is 19.2 Å². The van der Waals surface area contributed by atoms with Crippen LogP contribution in [0.5, 0.6) is 0 Å². The second-order valence-corrected chi connectivity index (χ2v) is 8.32. The summed E-state index contributed by atoms with van der Waals surface area (Å²) in [6, 6.07) is 4.95. The number of carbonyl (C=O) groups is 2. The molecule has 2 aliphatic heterocycles. The largest absolute Gasteiger partial charge is 0.365 e. The predicted molar refractivity (Wildman–Crippen MR) is 117 cm³/mol. The quantitative estimate of drug-likeness (QED) is 0.582. The second kappa shape index (κ2) is 8.07. The Morgan fingerprint density at radius 3 is 2.67 bits per heavy atom. The molecular weight excluding hydrogens is 432 g/mol. The van der Waals surface area contributed by atoms with Crippen LogP contribution < -0.4 is 15.5 Å². The lowest BCUT2D eigenvalue weighted by Crippen LogP contribution is -2.46. The van der Waals surface area contributed by atoms with Crippen LogP contribution in [0.1, 0.15) is 34.5 Å². The Morgan fingerprint density at radius 1 is 1.21 bits per heavy atom. The van der Waals surface area contributed by atoms with Crippen LogP contribution in [-0.4, -0.2) is 64.5 Å². The van der Waals surface area contributed by atoms with Crippen LogP contribution in [0.2, 0.25) is 0 Å². The number of nitrogens with one attached hydrogen (secondary N) is 2. The van der Waals surface area contributed by atoms with E-state index in [1.165, 1.54) is 17.6 Å². The van der Waals surface area contributed by atoms with Crippen molar-refractivity contribution in [3.05, 3.63) is 53.1 Å². The maximum atomic E-state index is 14.5. The van der Waals surface area contributed by atoms with Gasteiger partial charge in [-0.05, 0) is 30.7 Å². The zero-order valence-corrected chi connectivity index (χ0v) is 18.2. The molecule has 3 aromatic rings. The summed E-state index contributed by atoms with van der Waals surface area (Å²) in [6.45, 7) is 4.76. The van der Waals surface area contributed by atoms with Gasteiger partial charge in [0.05, 0.1) is 22.8 Å². The second-order valence-electron chi connectivity index (χ2n) is 8.32. The van der Waals surface area contributed by atoms with Crippen molar-refractivity contribution in [1.29, 1.82) is 0 Å². The lowest BCUT2D eigenvalue weighted by molar-refractivity contribution is -0.117. The van der Waals surface area contributed by atoms with E-state index in [-0.39, 0.29) is 11.6 Å². The van der Waals surface area contributed by atoms with Crippen LogP contribution in [0.3, 0.4) is 0 Å². The molecule has 0 aliphatic carbocycles. The number of amides is 2. The number of nitrogens with zero attached hydrogens (tertiary/aromatic N) is 5. The topological polar surface area (TPSA) is 94.9 Å². The number of rotatable bonds is 4. The van der Waals surface area contributed by atoms with Crippen LogP contribution >= 0.6 is 0 Å². The van der Waals surface area contributed by atoms with E-state index in [1.807, 2.05) is 11.0 Å². The van der Waals surface area contributed by atoms with Crippen molar-refractivity contribution in [1.82, 2.24) is 24.8 Å². The van der Waals surface area contributed by atoms with Gasteiger partial charge in [-0.2, -0.15) is 8.78 Å². The van der Waals surface area contributed by atoms with E-state index in [0.717, 1.165) is 5.56 Å². The zero-order valence-electron chi connectivity index (χ0n) is 18.2. The van der Waals surface area contributed by atoms with E-state index in [2.05, 4.69) is 25.6 Å². The highest BCUT2D eigenvalue weighted by Gasteiger charge is 2.31. The molecule has 1 fully saturated rings. The fraction of sp³-hybridized carbons (Fsp3) is 0.364. The van der Waals surface area contributed by atoms with Gasteiger partial charge >= 0.3 is 0 Å². The van der Waals surface area contributed by atoms with E-state index >= 15 is 0 Å². The summed E-state index contributed by atoms with van der Waals surface area (Å²) in [6.07, 6.45) is 1.78. The maximum Gasteiger partial charge on any atom is 0.269 e. The number of pyridine rings is 2. The van der Waals surface area contributed by atoms with Crippen LogP contribution in [0.25, 0.3) is 5.52 Å². The van der Waals surface area contributed by atoms with Gasteiger partial charge in [-0.25, -0.2) is 9.50 Å². The van der Waals surface area contributed by atoms with Gasteiger partial charge in [-0.3, -0.25) is 14.5 Å². The fourth-order valence-corrected chi connectivity index (χ4v) is 4.49. The molecule has 1 atom stereocenters. The number of anilines is 2. The average Bonchev–Trinajstić information content (AvgIpc) is 3.14. The summed E-state index contributed by atoms with van der Waals surface area (Å²) in [7, 11) is 1.47. The number of hydrogen-bond donors (Lipinski definition) is 2. The third-order valence-electron chi connectivity index (χ3n) is 6.27. The van der Waals surface area contributed by atoms with Gasteiger partial charge in [0.15, 0.2) is 0 Å². The Hall–Kier alpha value is -3.60. The summed E-state index contributed by atoms with van der Waals surface area (Å²) in [4.78, 5) is 31.7. The molecule has 5 heterocycles. The molecule has 2 amide bonds. The van der Waals surface area contributed by atoms with Crippen molar-refractivity contribution >= 4 is 28.7 Å². The molecule has 2 aliphatic rings. The van der Waals surface area contributed by atoms with Gasteiger partial charge in [0.1, 0.15) is 5.69 Å². The Morgan fingerprint density at radius 2 is 1.97 bits per heavy atom. The van der Waals surface area contributed by atoms with Gasteiger partial charge in [0, 0.05) is 51.5 Å². The molecule has 1 saturated heterocycles. The van der Waals surface area contributed by atoms with Crippen molar-refractivity contribution in [2.45, 2.75) is 19.4 Å². The van der Waals surface area contributed by atoms with Crippen molar-refractivity contribution in [3.63, 3.8) is 0 Å². The average molecular weight is 455 g/mol. The van der Waals surface area contributed by atoms with E-state index in [4.69, 9.17) is 0 Å². The number of piperazine rings is 1. The third-order valence-corrected chi connectivity index (χ3v) is 6.27. The first-order valence-electron chi connectivity index (χ1n) is 10.7. The van der Waals surface area contributed by atoms with Gasteiger partial charge in [-0.1, -0.05) is 0 Å². The van der Waals surface area contributed by atoms with Crippen LogP contribution in [-0.2, 0) is 11.3 Å². The van der Waals surface area contributed by atoms with Crippen molar-refractivity contribution in [2.24, 2.45) is 0 Å². The minimum Gasteiger partial charge on any atom is -0.365 e. The lowest BCUT2D eigenvalue weighted by Gasteiger charge is -2.36. The number of aromatic nitrogens is 3. The zero-order chi connectivity index (χ0) is 23.3. The van der Waals surface area contributed by atoms with Gasteiger partial charge in [0.25, 0.3) is 5.91 Å². The highest BCUT2D eigenvalue weighted by Crippen LogP contribution is 2.35. The smallest absolute Gasteiger partial charge is 0.269 e. The predicted octanol–water partition coefficient (Wildman–Crippen LogP) is 1.74. The Balaban J connectivity index is 1.29. The SMILES string of the molecule is CNC(=O)c1ccc(N2CCN(Cc3cc4c5c(c(F)nn5c3)[C@@H](C)C(=O)N4)CC2)c(F)n1. The molecule has 0 aromatic carbocycles. The monoisotopic (exact) mass is 455 g/mol. The minimum atomic E-state index is -0.671. The highest BCUT2D eigenvalue weighted by molar-refractivity contribution is 6.05. The molecular formula is C22H23F2N7O2. The lowest BCUT2D eigenvalue weighted by atomic mass is 9.97. The summed E-state index contributed by atoms with van der Waals surface area (Å²) >= 11 is 0. The molecule has 0 radical (unpaired) electrons. The maximum absolute atomic E-state index is 14.5. The highest BCUT2D eigenvalue weighted by atomic mass is 19.1. The molecule has 3 aromatic heterocycles.